The van der Waals surface area contributed by atoms with Gasteiger partial charge in [0.15, 0.2) is 11.9 Å². The summed E-state index contributed by atoms with van der Waals surface area (Å²) in [6, 6.07) is 23.0. The largest absolute Gasteiger partial charge is 0.466 e. The number of hydrogen-bond acceptors (Lipinski definition) is 8. The number of carbonyl (C=O) groups excluding carboxylic acids is 3. The molecule has 11 heteroatoms. The Morgan fingerprint density at radius 1 is 0.870 bits per heavy atom. The van der Waals surface area contributed by atoms with Gasteiger partial charge in [0, 0.05) is 41.4 Å². The minimum absolute atomic E-state index is 0.191. The van der Waals surface area contributed by atoms with Crippen molar-refractivity contribution in [2.45, 2.75) is 20.3 Å². The van der Waals surface area contributed by atoms with Crippen molar-refractivity contribution in [3.8, 4) is 0 Å². The Morgan fingerprint density at radius 2 is 1.61 bits per heavy atom. The molecule has 2 aromatic carbocycles. The molecule has 0 atom stereocenters. The van der Waals surface area contributed by atoms with Crippen LogP contribution in [0.15, 0.2) is 97.6 Å². The first-order valence-corrected chi connectivity index (χ1v) is 14.9. The van der Waals surface area contributed by atoms with Gasteiger partial charge in [-0.1, -0.05) is 41.9 Å². The molecule has 5 heterocycles. The predicted molar refractivity (Wildman–Crippen MR) is 177 cm³/mol. The molecular formula is C35H30ClN5O5. The number of benzene rings is 2. The summed E-state index contributed by atoms with van der Waals surface area (Å²) in [7, 11) is 0. The Hall–Kier alpha value is -5.61. The number of nitrogens with one attached hydrogen (secondary N) is 1. The van der Waals surface area contributed by atoms with E-state index in [-0.39, 0.29) is 11.9 Å². The number of H-pyrrole nitrogens is 1. The molecule has 7 aromatic rings. The number of rotatable bonds is 6. The number of para-hydroxylation sites is 3. The zero-order valence-electron chi connectivity index (χ0n) is 25.1. The molecule has 0 saturated carbocycles. The molecule has 0 amide bonds. The molecule has 0 radical (unpaired) electrons. The third-order valence-electron chi connectivity index (χ3n) is 6.81. The van der Waals surface area contributed by atoms with Gasteiger partial charge in [-0.25, -0.2) is 9.78 Å². The first kappa shape index (κ1) is 31.8. The van der Waals surface area contributed by atoms with Crippen LogP contribution in [-0.4, -0.2) is 55.8 Å². The van der Waals surface area contributed by atoms with Gasteiger partial charge in [0.1, 0.15) is 5.56 Å². The Labute approximate surface area is 269 Å². The lowest BCUT2D eigenvalue weighted by molar-refractivity contribution is -0.142. The highest BCUT2D eigenvalue weighted by Crippen LogP contribution is 2.26. The highest BCUT2D eigenvalue weighted by atomic mass is 35.5. The number of aldehydes is 1. The fourth-order valence-corrected chi connectivity index (χ4v) is 4.97. The number of halogens is 1. The molecule has 1 N–H and O–H groups in total. The summed E-state index contributed by atoms with van der Waals surface area (Å²) in [6.07, 6.45) is 7.43. The van der Waals surface area contributed by atoms with Crippen molar-refractivity contribution in [3.05, 3.63) is 119 Å². The molecule has 7 rings (SSSR count). The van der Waals surface area contributed by atoms with E-state index >= 15 is 0 Å². The van der Waals surface area contributed by atoms with Crippen molar-refractivity contribution in [2.75, 3.05) is 13.2 Å². The summed E-state index contributed by atoms with van der Waals surface area (Å²) in [6.45, 7) is 4.36. The van der Waals surface area contributed by atoms with Crippen LogP contribution in [0.25, 0.3) is 38.5 Å². The number of pyridine rings is 3. The second-order valence-electron chi connectivity index (χ2n) is 9.85. The molecule has 46 heavy (non-hydrogen) atoms. The first-order valence-electron chi connectivity index (χ1n) is 14.5. The minimum atomic E-state index is -0.367. The molecule has 10 nitrogen and oxygen atoms in total. The van der Waals surface area contributed by atoms with Crippen LogP contribution in [0.2, 0.25) is 5.02 Å². The van der Waals surface area contributed by atoms with Crippen LogP contribution in [0.4, 0.5) is 0 Å². The van der Waals surface area contributed by atoms with Crippen LogP contribution in [0, 0.1) is 0 Å². The Kier molecular flexibility index (Phi) is 10.3. The fraction of sp³-hybridized carbons (Fsp3) is 0.143. The maximum absolute atomic E-state index is 12.3. The van der Waals surface area contributed by atoms with E-state index in [1.807, 2.05) is 72.0 Å². The van der Waals surface area contributed by atoms with Crippen molar-refractivity contribution >= 4 is 68.3 Å². The molecule has 0 bridgehead atoms. The van der Waals surface area contributed by atoms with Crippen LogP contribution >= 0.6 is 11.6 Å². The van der Waals surface area contributed by atoms with Gasteiger partial charge in [-0.2, -0.15) is 0 Å². The topological polar surface area (TPSA) is 129 Å². The maximum atomic E-state index is 12.3. The zero-order valence-corrected chi connectivity index (χ0v) is 25.9. The number of hydrogen-bond donors (Lipinski definition) is 1. The van der Waals surface area contributed by atoms with Crippen molar-refractivity contribution < 1.29 is 23.9 Å². The fourth-order valence-electron chi connectivity index (χ4n) is 4.82. The molecule has 5 aromatic heterocycles. The number of imidazole rings is 1. The van der Waals surface area contributed by atoms with E-state index in [1.165, 1.54) is 12.4 Å². The maximum Gasteiger partial charge on any atom is 0.341 e. The smallest absolute Gasteiger partial charge is 0.341 e. The molecule has 0 unspecified atom stereocenters. The van der Waals surface area contributed by atoms with E-state index in [0.29, 0.717) is 47.7 Å². The van der Waals surface area contributed by atoms with Gasteiger partial charge in [0.2, 0.25) is 0 Å². The monoisotopic (exact) mass is 635 g/mol. The van der Waals surface area contributed by atoms with Gasteiger partial charge in [0.25, 0.3) is 0 Å². The number of esters is 2. The van der Waals surface area contributed by atoms with E-state index in [9.17, 15) is 14.4 Å². The van der Waals surface area contributed by atoms with Crippen molar-refractivity contribution in [1.82, 2.24) is 24.3 Å². The number of ether oxygens (including phenoxy) is 2. The van der Waals surface area contributed by atoms with E-state index in [4.69, 9.17) is 21.1 Å². The lowest BCUT2D eigenvalue weighted by Gasteiger charge is -2.07. The highest BCUT2D eigenvalue weighted by molar-refractivity contribution is 6.32. The van der Waals surface area contributed by atoms with Gasteiger partial charge < -0.3 is 14.5 Å². The second-order valence-corrected chi connectivity index (χ2v) is 10.3. The number of aromatic nitrogens is 5. The summed E-state index contributed by atoms with van der Waals surface area (Å²) in [4.78, 5) is 49.3. The molecule has 0 fully saturated rings. The summed E-state index contributed by atoms with van der Waals surface area (Å²) >= 11 is 5.55. The Morgan fingerprint density at radius 3 is 2.35 bits per heavy atom. The van der Waals surface area contributed by atoms with Gasteiger partial charge in [-0.3, -0.25) is 24.0 Å². The molecule has 0 aliphatic heterocycles. The Bertz CT molecular complexity index is 2120. The molecule has 0 saturated heterocycles. The number of carbonyl (C=O) groups is 3. The number of nitrogens with zero attached hydrogens (tertiary/aromatic N) is 4. The minimum Gasteiger partial charge on any atom is -0.466 e. The summed E-state index contributed by atoms with van der Waals surface area (Å²) in [5, 5.41) is 2.44. The van der Waals surface area contributed by atoms with Crippen LogP contribution in [-0.2, 0) is 20.7 Å². The average Bonchev–Trinajstić information content (AvgIpc) is 3.67. The number of aromatic amines is 1. The van der Waals surface area contributed by atoms with Gasteiger partial charge in [-0.15, -0.1) is 0 Å². The third kappa shape index (κ3) is 7.19. The van der Waals surface area contributed by atoms with Crippen LogP contribution in [0.5, 0.6) is 0 Å². The van der Waals surface area contributed by atoms with E-state index in [0.717, 1.165) is 38.5 Å². The molecule has 0 spiro atoms. The van der Waals surface area contributed by atoms with E-state index < -0.39 is 0 Å². The van der Waals surface area contributed by atoms with Crippen LogP contribution in [0.3, 0.4) is 0 Å². The SMILES string of the molecule is CCOC(=O)Cc1cc2ccccc2[nH]1.CCOC(=O)c1cc2cnccc2n2c1nc1ccccc12.O=Cc1cnccc1Cl. The third-order valence-corrected chi connectivity index (χ3v) is 7.16. The Balaban J connectivity index is 0.000000150. The van der Waals surface area contributed by atoms with Crippen LogP contribution in [0.1, 0.15) is 40.3 Å². The van der Waals surface area contributed by atoms with Gasteiger partial charge in [-0.05, 0) is 61.7 Å². The lowest BCUT2D eigenvalue weighted by atomic mass is 10.2. The average molecular weight is 636 g/mol. The summed E-state index contributed by atoms with van der Waals surface area (Å²) in [5.41, 5.74) is 6.21. The van der Waals surface area contributed by atoms with Crippen LogP contribution < -0.4 is 0 Å². The first-order chi connectivity index (χ1) is 22.4. The van der Waals surface area contributed by atoms with E-state index in [1.54, 1.807) is 31.5 Å². The number of fused-ring (bicyclic) bond motifs is 6. The molecule has 0 aliphatic rings. The highest BCUT2D eigenvalue weighted by Gasteiger charge is 2.18. The van der Waals surface area contributed by atoms with Gasteiger partial charge >= 0.3 is 11.9 Å². The summed E-state index contributed by atoms with van der Waals surface area (Å²) < 4.78 is 12.0. The molecule has 0 aliphatic carbocycles. The van der Waals surface area contributed by atoms with E-state index in [2.05, 4.69) is 19.9 Å². The van der Waals surface area contributed by atoms with Crippen molar-refractivity contribution in [1.29, 1.82) is 0 Å². The predicted octanol–water partition coefficient (Wildman–Crippen LogP) is 7.03. The second kappa shape index (κ2) is 14.9. The normalized spacial score (nSPS) is 10.6. The zero-order chi connectivity index (χ0) is 32.5. The van der Waals surface area contributed by atoms with Gasteiger partial charge in [0.05, 0.1) is 46.8 Å². The summed E-state index contributed by atoms with van der Waals surface area (Å²) in [5.74, 6) is -0.558. The van der Waals surface area contributed by atoms with Crippen molar-refractivity contribution in [3.63, 3.8) is 0 Å². The quantitative estimate of drug-likeness (QED) is 0.152. The molecule has 232 valence electrons. The lowest BCUT2D eigenvalue weighted by Crippen LogP contribution is -2.07. The molecular weight excluding hydrogens is 606 g/mol. The van der Waals surface area contributed by atoms with Crippen molar-refractivity contribution in [2.24, 2.45) is 0 Å². The standard InChI is InChI=1S/C17H13N3O2.C12H13NO2.C6H4ClNO/c1-2-22-17(21)12-9-11-10-18-8-7-14(11)20-15-6-4-3-5-13(15)19-16(12)20;1-2-15-12(14)8-10-7-9-5-3-4-6-11(9)13-10;7-6-1-2-8-3-5(6)4-9/h3-10H,2H2,1H3;3-7,13H,2,8H2,1H3;1-4H.